The first kappa shape index (κ1) is 22.3. The van der Waals surface area contributed by atoms with Gasteiger partial charge in [0.1, 0.15) is 0 Å². The number of nitrogens with one attached hydrogen (secondary N) is 1. The van der Waals surface area contributed by atoms with Gasteiger partial charge in [0.25, 0.3) is 5.91 Å². The monoisotopic (exact) mass is 420 g/mol. The van der Waals surface area contributed by atoms with Crippen molar-refractivity contribution in [2.24, 2.45) is 10.8 Å². The smallest absolute Gasteiger partial charge is 0.261 e. The van der Waals surface area contributed by atoms with Crippen LogP contribution in [0.4, 0.5) is 0 Å². The topological polar surface area (TPSA) is 69.6 Å². The Morgan fingerprint density at radius 1 is 1.24 bits per heavy atom. The van der Waals surface area contributed by atoms with Gasteiger partial charge in [0, 0.05) is 29.9 Å². The van der Waals surface area contributed by atoms with Crippen LogP contribution in [0, 0.1) is 10.8 Å². The molecule has 3 rings (SSSR count). The van der Waals surface area contributed by atoms with Crippen LogP contribution in [0.25, 0.3) is 0 Å². The maximum atomic E-state index is 13.1. The molecule has 0 aromatic carbocycles. The predicted molar refractivity (Wildman–Crippen MR) is 117 cm³/mol. The number of hydrogen-bond acceptors (Lipinski definition) is 4. The lowest BCUT2D eigenvalue weighted by Crippen LogP contribution is -2.55. The highest BCUT2D eigenvalue weighted by Crippen LogP contribution is 2.32. The van der Waals surface area contributed by atoms with Crippen LogP contribution >= 0.6 is 11.3 Å². The molecule has 2 amide bonds. The van der Waals surface area contributed by atoms with E-state index >= 15 is 0 Å². The fraction of sp³-hybridized carbons (Fsp3) is 0.739. The lowest BCUT2D eigenvalue weighted by molar-refractivity contribution is -0.146. The van der Waals surface area contributed by atoms with Crippen LogP contribution < -0.4 is 5.32 Å². The first-order valence-electron chi connectivity index (χ1n) is 11.0. The SMILES string of the molecule is CC(C)(CNC(=O)c1cc2c(s1)CCCCCC2)C(=O)N1CCC(O)C(C)(C)C1. The van der Waals surface area contributed by atoms with Crippen LogP contribution in [0.3, 0.4) is 0 Å². The Morgan fingerprint density at radius 2 is 1.93 bits per heavy atom. The average Bonchev–Trinajstić information content (AvgIpc) is 3.03. The van der Waals surface area contributed by atoms with E-state index in [9.17, 15) is 14.7 Å². The molecule has 1 aromatic rings. The van der Waals surface area contributed by atoms with Crippen molar-refractivity contribution in [3.05, 3.63) is 21.4 Å². The van der Waals surface area contributed by atoms with E-state index in [2.05, 4.69) is 11.4 Å². The summed E-state index contributed by atoms with van der Waals surface area (Å²) in [5, 5.41) is 13.2. The number of aliphatic hydroxyl groups is 1. The van der Waals surface area contributed by atoms with Crippen LogP contribution in [-0.2, 0) is 17.6 Å². The summed E-state index contributed by atoms with van der Waals surface area (Å²) in [6.07, 6.45) is 7.32. The molecule has 1 unspecified atom stereocenters. The highest BCUT2D eigenvalue weighted by atomic mass is 32.1. The van der Waals surface area contributed by atoms with Crippen molar-refractivity contribution in [2.45, 2.75) is 78.7 Å². The third-order valence-electron chi connectivity index (χ3n) is 6.45. The van der Waals surface area contributed by atoms with Crippen LogP contribution in [0.1, 0.15) is 79.9 Å². The second kappa shape index (κ2) is 8.76. The summed E-state index contributed by atoms with van der Waals surface area (Å²) in [5.74, 6) is -0.0340. The molecule has 162 valence electrons. The molecule has 0 radical (unpaired) electrons. The van der Waals surface area contributed by atoms with Crippen LogP contribution in [0.15, 0.2) is 6.07 Å². The van der Waals surface area contributed by atoms with Gasteiger partial charge in [-0.2, -0.15) is 0 Å². The molecule has 1 saturated heterocycles. The number of aryl methyl sites for hydroxylation is 2. The molecule has 2 N–H and O–H groups in total. The largest absolute Gasteiger partial charge is 0.392 e. The predicted octanol–water partition coefficient (Wildman–Crippen LogP) is 3.78. The van der Waals surface area contributed by atoms with Crippen molar-refractivity contribution in [3.63, 3.8) is 0 Å². The summed E-state index contributed by atoms with van der Waals surface area (Å²) in [5.41, 5.74) is 0.352. The number of piperidine rings is 1. The fourth-order valence-corrected chi connectivity index (χ4v) is 5.54. The van der Waals surface area contributed by atoms with Crippen LogP contribution in [-0.4, -0.2) is 47.6 Å². The lowest BCUT2D eigenvalue weighted by atomic mass is 9.80. The molecule has 1 atom stereocenters. The number of thiophene rings is 1. The standard InChI is InChI=1S/C23H36N2O3S/c1-22(2,21(28)25-12-11-19(26)23(3,4)15-25)14-24-20(27)18-13-16-9-7-5-6-8-10-17(16)29-18/h13,19,26H,5-12,14-15H2,1-4H3,(H,24,27). The second-order valence-electron chi connectivity index (χ2n) is 10.1. The van der Waals surface area contributed by atoms with Gasteiger partial charge in [-0.25, -0.2) is 0 Å². The molecule has 6 heteroatoms. The number of fused-ring (bicyclic) bond motifs is 1. The second-order valence-corrected chi connectivity index (χ2v) is 11.2. The molecule has 1 aromatic heterocycles. The van der Waals surface area contributed by atoms with Gasteiger partial charge in [-0.3, -0.25) is 9.59 Å². The molecular formula is C23H36N2O3S. The summed E-state index contributed by atoms with van der Waals surface area (Å²) < 4.78 is 0. The van der Waals surface area contributed by atoms with Crippen molar-refractivity contribution in [2.75, 3.05) is 19.6 Å². The first-order chi connectivity index (χ1) is 13.6. The third kappa shape index (κ3) is 5.21. The van der Waals surface area contributed by atoms with E-state index in [0.29, 0.717) is 26.1 Å². The van der Waals surface area contributed by atoms with E-state index < -0.39 is 5.41 Å². The quantitative estimate of drug-likeness (QED) is 0.779. The van der Waals surface area contributed by atoms with Crippen molar-refractivity contribution >= 4 is 23.2 Å². The number of carbonyl (C=O) groups is 2. The Hall–Kier alpha value is -1.40. The van der Waals surface area contributed by atoms with Gasteiger partial charge < -0.3 is 15.3 Å². The molecule has 29 heavy (non-hydrogen) atoms. The lowest BCUT2D eigenvalue weighted by Gasteiger charge is -2.44. The molecule has 2 heterocycles. The van der Waals surface area contributed by atoms with Crippen molar-refractivity contribution in [1.29, 1.82) is 0 Å². The van der Waals surface area contributed by atoms with Gasteiger partial charge in [0.15, 0.2) is 0 Å². The molecular weight excluding hydrogens is 384 g/mol. The molecule has 5 nitrogen and oxygen atoms in total. The van der Waals surface area contributed by atoms with Gasteiger partial charge >= 0.3 is 0 Å². The zero-order valence-corrected chi connectivity index (χ0v) is 19.2. The number of likely N-dealkylation sites (tertiary alicyclic amines) is 1. The van der Waals surface area contributed by atoms with E-state index in [1.165, 1.54) is 36.1 Å². The van der Waals surface area contributed by atoms with Crippen molar-refractivity contribution in [1.82, 2.24) is 10.2 Å². The maximum absolute atomic E-state index is 13.1. The number of rotatable bonds is 4. The van der Waals surface area contributed by atoms with E-state index in [1.807, 2.05) is 32.6 Å². The minimum Gasteiger partial charge on any atom is -0.392 e. The van der Waals surface area contributed by atoms with E-state index in [4.69, 9.17) is 0 Å². The van der Waals surface area contributed by atoms with E-state index in [-0.39, 0.29) is 23.3 Å². The highest BCUT2D eigenvalue weighted by Gasteiger charge is 2.40. The van der Waals surface area contributed by atoms with Gasteiger partial charge in [-0.05, 0) is 57.6 Å². The normalized spacial score (nSPS) is 22.4. The summed E-state index contributed by atoms with van der Waals surface area (Å²) in [4.78, 5) is 29.8. The molecule has 0 saturated carbocycles. The van der Waals surface area contributed by atoms with Crippen molar-refractivity contribution < 1.29 is 14.7 Å². The number of nitrogens with zero attached hydrogens (tertiary/aromatic N) is 1. The number of carbonyl (C=O) groups excluding carboxylic acids is 2. The van der Waals surface area contributed by atoms with E-state index in [1.54, 1.807) is 11.3 Å². The highest BCUT2D eigenvalue weighted by molar-refractivity contribution is 7.14. The Balaban J connectivity index is 1.60. The zero-order valence-electron chi connectivity index (χ0n) is 18.3. The minimum absolute atomic E-state index is 0.0382. The summed E-state index contributed by atoms with van der Waals surface area (Å²) in [6.45, 7) is 9.19. The molecule has 2 aliphatic rings. The summed E-state index contributed by atoms with van der Waals surface area (Å²) in [6, 6.07) is 2.06. The Labute approximate surface area is 178 Å². The summed E-state index contributed by atoms with van der Waals surface area (Å²) in [7, 11) is 0. The molecule has 0 spiro atoms. The Bertz CT molecular complexity index is 728. The van der Waals surface area contributed by atoms with Crippen LogP contribution in [0.5, 0.6) is 0 Å². The molecule has 0 bridgehead atoms. The van der Waals surface area contributed by atoms with E-state index in [0.717, 1.165) is 17.7 Å². The van der Waals surface area contributed by atoms with Gasteiger partial charge in [0.05, 0.1) is 16.4 Å². The molecule has 1 aliphatic carbocycles. The number of amides is 2. The van der Waals surface area contributed by atoms with Gasteiger partial charge in [-0.15, -0.1) is 11.3 Å². The van der Waals surface area contributed by atoms with Crippen LogP contribution in [0.2, 0.25) is 0 Å². The fourth-order valence-electron chi connectivity index (χ4n) is 4.37. The Kier molecular flexibility index (Phi) is 6.74. The molecule has 1 fully saturated rings. The third-order valence-corrected chi connectivity index (χ3v) is 7.69. The molecule has 1 aliphatic heterocycles. The number of aliphatic hydroxyl groups excluding tert-OH is 1. The maximum Gasteiger partial charge on any atom is 0.261 e. The van der Waals surface area contributed by atoms with Crippen molar-refractivity contribution in [3.8, 4) is 0 Å². The first-order valence-corrected chi connectivity index (χ1v) is 11.8. The minimum atomic E-state index is -0.681. The van der Waals surface area contributed by atoms with Gasteiger partial charge in [0.2, 0.25) is 5.91 Å². The zero-order chi connectivity index (χ0) is 21.2. The number of hydrogen-bond donors (Lipinski definition) is 2. The average molecular weight is 421 g/mol. The Morgan fingerprint density at radius 3 is 2.62 bits per heavy atom. The van der Waals surface area contributed by atoms with Gasteiger partial charge in [-0.1, -0.05) is 26.7 Å². The summed E-state index contributed by atoms with van der Waals surface area (Å²) >= 11 is 1.62.